The Morgan fingerprint density at radius 3 is 2.93 bits per heavy atom. The van der Waals surface area contributed by atoms with E-state index in [2.05, 4.69) is 21.0 Å². The van der Waals surface area contributed by atoms with E-state index < -0.39 is 6.10 Å². The summed E-state index contributed by atoms with van der Waals surface area (Å²) in [6, 6.07) is 3.74. The molecule has 0 aliphatic heterocycles. The summed E-state index contributed by atoms with van der Waals surface area (Å²) in [7, 11) is 1.82. The molecule has 2 aromatic rings. The summed E-state index contributed by atoms with van der Waals surface area (Å²) in [6.45, 7) is 0. The third-order valence-corrected chi connectivity index (χ3v) is 3.74. The van der Waals surface area contributed by atoms with Crippen LogP contribution in [-0.4, -0.2) is 14.9 Å². The van der Waals surface area contributed by atoms with E-state index in [1.807, 2.05) is 24.6 Å². The highest BCUT2D eigenvalue weighted by Gasteiger charge is 2.15. The van der Waals surface area contributed by atoms with Crippen molar-refractivity contribution < 1.29 is 5.11 Å². The van der Waals surface area contributed by atoms with Crippen molar-refractivity contribution in [2.75, 3.05) is 0 Å². The Morgan fingerprint density at radius 2 is 2.43 bits per heavy atom. The molecular weight excluding hydrogens is 264 g/mol. The second kappa shape index (κ2) is 3.84. The Bertz CT molecular complexity index is 437. The molecule has 0 aromatic carbocycles. The van der Waals surface area contributed by atoms with Crippen LogP contribution in [0.2, 0.25) is 0 Å². The summed E-state index contributed by atoms with van der Waals surface area (Å²) in [4.78, 5) is 0.917. The van der Waals surface area contributed by atoms with Crippen molar-refractivity contribution in [3.63, 3.8) is 0 Å². The highest BCUT2D eigenvalue weighted by atomic mass is 79.9. The fraction of sp³-hybridized carbons (Fsp3) is 0.222. The van der Waals surface area contributed by atoms with Gasteiger partial charge in [-0.25, -0.2) is 0 Å². The minimum absolute atomic E-state index is 0.584. The summed E-state index contributed by atoms with van der Waals surface area (Å²) >= 11 is 4.89. The molecule has 1 unspecified atom stereocenters. The first kappa shape index (κ1) is 9.89. The molecule has 0 spiro atoms. The van der Waals surface area contributed by atoms with Gasteiger partial charge in [0, 0.05) is 28.0 Å². The summed E-state index contributed by atoms with van der Waals surface area (Å²) in [5, 5.41) is 16.0. The molecule has 74 valence electrons. The molecule has 2 aromatic heterocycles. The number of thiophene rings is 1. The van der Waals surface area contributed by atoms with Gasteiger partial charge >= 0.3 is 0 Å². The molecule has 5 heteroatoms. The van der Waals surface area contributed by atoms with E-state index in [0.717, 1.165) is 15.0 Å². The topological polar surface area (TPSA) is 38.0 Å². The molecule has 1 atom stereocenters. The minimum Gasteiger partial charge on any atom is -0.381 e. The lowest BCUT2D eigenvalue weighted by Crippen LogP contribution is -2.04. The Balaban J connectivity index is 2.33. The van der Waals surface area contributed by atoms with Gasteiger partial charge in [0.1, 0.15) is 6.10 Å². The van der Waals surface area contributed by atoms with Crippen LogP contribution in [0, 0.1) is 0 Å². The third-order valence-electron chi connectivity index (χ3n) is 2.00. The lowest BCUT2D eigenvalue weighted by atomic mass is 10.2. The van der Waals surface area contributed by atoms with Gasteiger partial charge in [-0.15, -0.1) is 11.3 Å². The van der Waals surface area contributed by atoms with E-state index in [9.17, 15) is 5.11 Å². The van der Waals surface area contributed by atoms with Gasteiger partial charge in [-0.1, -0.05) is 0 Å². The van der Waals surface area contributed by atoms with Gasteiger partial charge in [-0.05, 0) is 28.1 Å². The number of hydrogen-bond acceptors (Lipinski definition) is 3. The van der Waals surface area contributed by atoms with E-state index in [1.165, 1.54) is 11.3 Å². The van der Waals surface area contributed by atoms with Crippen molar-refractivity contribution in [3.05, 3.63) is 38.8 Å². The number of halogens is 1. The summed E-state index contributed by atoms with van der Waals surface area (Å²) in [5.74, 6) is 0. The van der Waals surface area contributed by atoms with Crippen molar-refractivity contribution in [1.29, 1.82) is 0 Å². The first-order valence-electron chi connectivity index (χ1n) is 4.08. The standard InChI is InChI=1S/C9H9BrN2OS/c1-12-7(2-3-11-12)9(13)8-4-6(10)5-14-8/h2-5,9,13H,1H3. The molecule has 0 bridgehead atoms. The van der Waals surface area contributed by atoms with Crippen LogP contribution < -0.4 is 0 Å². The Morgan fingerprint density at radius 1 is 1.64 bits per heavy atom. The fourth-order valence-corrected chi connectivity index (χ4v) is 2.71. The zero-order chi connectivity index (χ0) is 10.1. The van der Waals surface area contributed by atoms with Gasteiger partial charge in [0.2, 0.25) is 0 Å². The van der Waals surface area contributed by atoms with Crippen LogP contribution in [0.4, 0.5) is 0 Å². The first-order chi connectivity index (χ1) is 6.68. The van der Waals surface area contributed by atoms with Crippen LogP contribution in [0.1, 0.15) is 16.7 Å². The smallest absolute Gasteiger partial charge is 0.130 e. The molecule has 14 heavy (non-hydrogen) atoms. The van der Waals surface area contributed by atoms with Gasteiger partial charge in [0.05, 0.1) is 5.69 Å². The zero-order valence-corrected chi connectivity index (χ0v) is 9.92. The van der Waals surface area contributed by atoms with Crippen molar-refractivity contribution in [2.24, 2.45) is 7.05 Å². The number of aliphatic hydroxyl groups excluding tert-OH is 1. The van der Waals surface area contributed by atoms with Gasteiger partial charge in [-0.2, -0.15) is 5.10 Å². The molecule has 0 aliphatic carbocycles. The molecule has 0 radical (unpaired) electrons. The Hall–Kier alpha value is -0.650. The van der Waals surface area contributed by atoms with Gasteiger partial charge in [0.25, 0.3) is 0 Å². The number of nitrogens with zero attached hydrogens (tertiary/aromatic N) is 2. The maximum absolute atomic E-state index is 10.0. The molecule has 1 N–H and O–H groups in total. The average molecular weight is 273 g/mol. The zero-order valence-electron chi connectivity index (χ0n) is 7.51. The molecule has 0 amide bonds. The molecule has 2 rings (SSSR count). The van der Waals surface area contributed by atoms with Crippen molar-refractivity contribution in [2.45, 2.75) is 6.10 Å². The molecule has 0 aliphatic rings. The van der Waals surface area contributed by atoms with Crippen LogP contribution >= 0.6 is 27.3 Å². The fourth-order valence-electron chi connectivity index (χ4n) is 1.27. The Labute approximate surface area is 94.1 Å². The second-order valence-corrected chi connectivity index (χ2v) is 4.81. The molecule has 0 saturated heterocycles. The number of hydrogen-bond donors (Lipinski definition) is 1. The maximum Gasteiger partial charge on any atom is 0.130 e. The van der Waals surface area contributed by atoms with E-state index in [0.29, 0.717) is 0 Å². The normalized spacial score (nSPS) is 13.1. The average Bonchev–Trinajstić information content (AvgIpc) is 2.73. The number of aliphatic hydroxyl groups is 1. The highest BCUT2D eigenvalue weighted by molar-refractivity contribution is 9.10. The van der Waals surface area contributed by atoms with Crippen molar-refractivity contribution in [3.8, 4) is 0 Å². The molecule has 0 saturated carbocycles. The van der Waals surface area contributed by atoms with Crippen LogP contribution in [0.25, 0.3) is 0 Å². The van der Waals surface area contributed by atoms with E-state index >= 15 is 0 Å². The number of aromatic nitrogens is 2. The van der Waals surface area contributed by atoms with Crippen LogP contribution in [0.3, 0.4) is 0 Å². The van der Waals surface area contributed by atoms with Crippen LogP contribution in [0.5, 0.6) is 0 Å². The van der Waals surface area contributed by atoms with Crippen molar-refractivity contribution in [1.82, 2.24) is 9.78 Å². The van der Waals surface area contributed by atoms with Gasteiger partial charge in [0.15, 0.2) is 0 Å². The van der Waals surface area contributed by atoms with Crippen LogP contribution in [0.15, 0.2) is 28.2 Å². The molecule has 2 heterocycles. The predicted octanol–water partition coefficient (Wildman–Crippen LogP) is 2.33. The lowest BCUT2D eigenvalue weighted by Gasteiger charge is -2.08. The first-order valence-corrected chi connectivity index (χ1v) is 5.75. The largest absolute Gasteiger partial charge is 0.381 e. The molecule has 0 fully saturated rings. The SMILES string of the molecule is Cn1nccc1C(O)c1cc(Br)cs1. The predicted molar refractivity (Wildman–Crippen MR) is 59.3 cm³/mol. The summed E-state index contributed by atoms with van der Waals surface area (Å²) < 4.78 is 2.68. The van der Waals surface area contributed by atoms with Gasteiger partial charge in [-0.3, -0.25) is 4.68 Å². The number of aryl methyl sites for hydroxylation is 1. The Kier molecular flexibility index (Phi) is 2.71. The summed E-state index contributed by atoms with van der Waals surface area (Å²) in [5.41, 5.74) is 0.805. The monoisotopic (exact) mass is 272 g/mol. The number of rotatable bonds is 2. The minimum atomic E-state index is -0.584. The van der Waals surface area contributed by atoms with E-state index in [1.54, 1.807) is 10.9 Å². The van der Waals surface area contributed by atoms with E-state index in [4.69, 9.17) is 0 Å². The van der Waals surface area contributed by atoms with E-state index in [-0.39, 0.29) is 0 Å². The van der Waals surface area contributed by atoms with Crippen LogP contribution in [-0.2, 0) is 7.05 Å². The highest BCUT2D eigenvalue weighted by Crippen LogP contribution is 2.29. The molecule has 3 nitrogen and oxygen atoms in total. The second-order valence-electron chi connectivity index (χ2n) is 2.95. The maximum atomic E-state index is 10.0. The quantitative estimate of drug-likeness (QED) is 0.911. The molecular formula is C9H9BrN2OS. The third kappa shape index (κ3) is 1.75. The lowest BCUT2D eigenvalue weighted by molar-refractivity contribution is 0.213. The summed E-state index contributed by atoms with van der Waals surface area (Å²) in [6.07, 6.45) is 1.10. The van der Waals surface area contributed by atoms with Crippen molar-refractivity contribution >= 4 is 27.3 Å². The van der Waals surface area contributed by atoms with Gasteiger partial charge < -0.3 is 5.11 Å².